The fourth-order valence-corrected chi connectivity index (χ4v) is 3.92. The molecule has 0 spiro atoms. The summed E-state index contributed by atoms with van der Waals surface area (Å²) in [6.07, 6.45) is 2.69. The number of aromatic nitrogens is 4. The van der Waals surface area contributed by atoms with Crippen molar-refractivity contribution in [1.82, 2.24) is 24.6 Å². The molecule has 8 heteroatoms. The van der Waals surface area contributed by atoms with E-state index < -0.39 is 0 Å². The minimum absolute atomic E-state index is 0.215. The molecule has 1 aliphatic heterocycles. The molecule has 8 nitrogen and oxygen atoms in total. The Labute approximate surface area is 182 Å². The van der Waals surface area contributed by atoms with Crippen molar-refractivity contribution in [3.05, 3.63) is 40.3 Å². The van der Waals surface area contributed by atoms with Crippen molar-refractivity contribution in [3.8, 4) is 17.1 Å². The maximum Gasteiger partial charge on any atom is 0.279 e. The van der Waals surface area contributed by atoms with Crippen molar-refractivity contribution in [2.24, 2.45) is 0 Å². The lowest BCUT2D eigenvalue weighted by Gasteiger charge is -2.26. The molecule has 2 aromatic heterocycles. The second kappa shape index (κ2) is 10.1. The number of ether oxygens (including phenoxy) is 2. The van der Waals surface area contributed by atoms with E-state index in [0.717, 1.165) is 75.7 Å². The van der Waals surface area contributed by atoms with E-state index in [1.54, 1.807) is 0 Å². The average molecular weight is 426 g/mol. The van der Waals surface area contributed by atoms with Gasteiger partial charge in [0.25, 0.3) is 5.56 Å². The molecule has 0 amide bonds. The number of aromatic amines is 1. The van der Waals surface area contributed by atoms with E-state index in [2.05, 4.69) is 28.8 Å². The number of benzene rings is 1. The van der Waals surface area contributed by atoms with Crippen LogP contribution in [0, 0.1) is 0 Å². The highest BCUT2D eigenvalue weighted by Gasteiger charge is 2.19. The summed E-state index contributed by atoms with van der Waals surface area (Å²) in [5.74, 6) is 1.25. The van der Waals surface area contributed by atoms with Crippen LogP contribution < -0.4 is 10.3 Å². The van der Waals surface area contributed by atoms with Gasteiger partial charge in [0.15, 0.2) is 5.52 Å². The SMILES string of the molecule is CCCOc1ccccc1-c1nc2c(CCC)n(CCN3CCOCC3)nc2c(=O)[nH]1. The van der Waals surface area contributed by atoms with Crippen molar-refractivity contribution >= 4 is 11.0 Å². The van der Waals surface area contributed by atoms with Gasteiger partial charge in [0, 0.05) is 19.6 Å². The van der Waals surface area contributed by atoms with E-state index in [0.29, 0.717) is 23.5 Å². The average Bonchev–Trinajstić information content (AvgIpc) is 3.15. The number of para-hydroxylation sites is 1. The van der Waals surface area contributed by atoms with Crippen molar-refractivity contribution in [2.75, 3.05) is 39.5 Å². The van der Waals surface area contributed by atoms with Gasteiger partial charge in [-0.1, -0.05) is 32.4 Å². The number of aryl methyl sites for hydroxylation is 1. The number of fused-ring (bicyclic) bond motifs is 1. The topological polar surface area (TPSA) is 85.3 Å². The second-order valence-corrected chi connectivity index (χ2v) is 7.83. The van der Waals surface area contributed by atoms with Gasteiger partial charge < -0.3 is 14.5 Å². The highest BCUT2D eigenvalue weighted by Crippen LogP contribution is 2.28. The first-order valence-electron chi connectivity index (χ1n) is 11.2. The number of morpholine rings is 1. The quantitative estimate of drug-likeness (QED) is 0.567. The number of hydrogen-bond donors (Lipinski definition) is 1. The van der Waals surface area contributed by atoms with Crippen LogP contribution in [0.25, 0.3) is 22.4 Å². The summed E-state index contributed by atoms with van der Waals surface area (Å²) in [7, 11) is 0. The van der Waals surface area contributed by atoms with E-state index in [-0.39, 0.29) is 5.56 Å². The molecule has 1 aliphatic rings. The van der Waals surface area contributed by atoms with Crippen LogP contribution >= 0.6 is 0 Å². The van der Waals surface area contributed by atoms with Gasteiger partial charge >= 0.3 is 0 Å². The van der Waals surface area contributed by atoms with Crippen LogP contribution in [0.3, 0.4) is 0 Å². The van der Waals surface area contributed by atoms with E-state index in [4.69, 9.17) is 14.5 Å². The van der Waals surface area contributed by atoms with Crippen LogP contribution in [0.2, 0.25) is 0 Å². The van der Waals surface area contributed by atoms with Gasteiger partial charge in [0.2, 0.25) is 0 Å². The first-order chi connectivity index (χ1) is 15.2. The molecule has 1 aromatic carbocycles. The largest absolute Gasteiger partial charge is 0.493 e. The van der Waals surface area contributed by atoms with Gasteiger partial charge in [0.05, 0.1) is 37.6 Å². The number of nitrogens with one attached hydrogen (secondary N) is 1. The molecule has 1 saturated heterocycles. The van der Waals surface area contributed by atoms with Gasteiger partial charge in [-0.15, -0.1) is 0 Å². The summed E-state index contributed by atoms with van der Waals surface area (Å²) in [6.45, 7) is 9.83. The van der Waals surface area contributed by atoms with Crippen molar-refractivity contribution in [1.29, 1.82) is 0 Å². The highest BCUT2D eigenvalue weighted by molar-refractivity contribution is 5.79. The fraction of sp³-hybridized carbons (Fsp3) is 0.522. The van der Waals surface area contributed by atoms with Gasteiger partial charge in [-0.05, 0) is 25.0 Å². The van der Waals surface area contributed by atoms with Crippen LogP contribution in [0.1, 0.15) is 32.4 Å². The van der Waals surface area contributed by atoms with Crippen LogP contribution in [0.15, 0.2) is 29.1 Å². The van der Waals surface area contributed by atoms with Crippen molar-refractivity contribution in [3.63, 3.8) is 0 Å². The maximum absolute atomic E-state index is 12.9. The third kappa shape index (κ3) is 4.80. The van der Waals surface area contributed by atoms with Crippen LogP contribution in [-0.2, 0) is 17.7 Å². The number of rotatable bonds is 9. The van der Waals surface area contributed by atoms with Gasteiger partial charge in [-0.3, -0.25) is 14.4 Å². The van der Waals surface area contributed by atoms with Crippen LogP contribution in [-0.4, -0.2) is 64.1 Å². The van der Waals surface area contributed by atoms with E-state index >= 15 is 0 Å². The summed E-state index contributed by atoms with van der Waals surface area (Å²) in [5, 5.41) is 4.64. The van der Waals surface area contributed by atoms with Gasteiger partial charge in [0.1, 0.15) is 17.1 Å². The zero-order chi connectivity index (χ0) is 21.6. The molecule has 31 heavy (non-hydrogen) atoms. The molecule has 166 valence electrons. The predicted octanol–water partition coefficient (Wildman–Crippen LogP) is 2.86. The van der Waals surface area contributed by atoms with E-state index in [1.807, 2.05) is 28.9 Å². The van der Waals surface area contributed by atoms with Crippen molar-refractivity contribution < 1.29 is 9.47 Å². The third-order valence-electron chi connectivity index (χ3n) is 5.52. The first-order valence-corrected chi connectivity index (χ1v) is 11.2. The molecular weight excluding hydrogens is 394 g/mol. The lowest BCUT2D eigenvalue weighted by molar-refractivity contribution is 0.0359. The first kappa shape index (κ1) is 21.5. The van der Waals surface area contributed by atoms with E-state index in [9.17, 15) is 4.79 Å². The molecular formula is C23H31N5O3. The maximum atomic E-state index is 12.9. The second-order valence-electron chi connectivity index (χ2n) is 7.83. The predicted molar refractivity (Wildman–Crippen MR) is 121 cm³/mol. The molecule has 0 radical (unpaired) electrons. The van der Waals surface area contributed by atoms with Gasteiger partial charge in [-0.2, -0.15) is 5.10 Å². The summed E-state index contributed by atoms with van der Waals surface area (Å²) < 4.78 is 13.3. The summed E-state index contributed by atoms with van der Waals surface area (Å²) in [4.78, 5) is 23.1. The Morgan fingerprint density at radius 2 is 1.90 bits per heavy atom. The van der Waals surface area contributed by atoms with Crippen LogP contribution in [0.4, 0.5) is 0 Å². The molecule has 0 bridgehead atoms. The Morgan fingerprint density at radius 3 is 2.68 bits per heavy atom. The monoisotopic (exact) mass is 425 g/mol. The Kier molecular flexibility index (Phi) is 6.99. The van der Waals surface area contributed by atoms with Crippen LogP contribution in [0.5, 0.6) is 5.75 Å². The Bertz CT molecular complexity index is 1070. The van der Waals surface area contributed by atoms with Gasteiger partial charge in [-0.25, -0.2) is 4.98 Å². The molecule has 0 saturated carbocycles. The fourth-order valence-electron chi connectivity index (χ4n) is 3.92. The molecule has 0 atom stereocenters. The lowest BCUT2D eigenvalue weighted by Crippen LogP contribution is -2.38. The smallest absolute Gasteiger partial charge is 0.279 e. The molecule has 3 heterocycles. The molecule has 4 rings (SSSR count). The number of H-pyrrole nitrogens is 1. The standard InChI is InChI=1S/C23H31N5O3/c1-3-7-18-20-21(26-28(18)11-10-27-12-15-30-16-13-27)23(29)25-22(24-20)17-8-5-6-9-19(17)31-14-4-2/h5-6,8-9H,3-4,7,10-16H2,1-2H3,(H,24,25,29). The molecule has 1 N–H and O–H groups in total. The zero-order valence-electron chi connectivity index (χ0n) is 18.4. The molecule has 0 unspecified atom stereocenters. The summed E-state index contributed by atoms with van der Waals surface area (Å²) in [5.41, 5.74) is 2.69. The Morgan fingerprint density at radius 1 is 1.10 bits per heavy atom. The molecule has 1 fully saturated rings. The highest BCUT2D eigenvalue weighted by atomic mass is 16.5. The summed E-state index contributed by atoms with van der Waals surface area (Å²) in [6, 6.07) is 7.69. The van der Waals surface area contributed by atoms with E-state index in [1.165, 1.54) is 0 Å². The lowest BCUT2D eigenvalue weighted by atomic mass is 10.1. The Balaban J connectivity index is 1.71. The zero-order valence-corrected chi connectivity index (χ0v) is 18.4. The molecule has 3 aromatic rings. The Hall–Kier alpha value is -2.71. The normalized spacial score (nSPS) is 14.9. The number of hydrogen-bond acceptors (Lipinski definition) is 6. The summed E-state index contributed by atoms with van der Waals surface area (Å²) >= 11 is 0. The third-order valence-corrected chi connectivity index (χ3v) is 5.52. The minimum Gasteiger partial charge on any atom is -0.493 e. The van der Waals surface area contributed by atoms with Crippen molar-refractivity contribution in [2.45, 2.75) is 39.7 Å². The minimum atomic E-state index is -0.215. The molecule has 0 aliphatic carbocycles. The number of nitrogens with zero attached hydrogens (tertiary/aromatic N) is 4.